The van der Waals surface area contributed by atoms with Gasteiger partial charge in [0.1, 0.15) is 48.4 Å². The van der Waals surface area contributed by atoms with Crippen molar-refractivity contribution in [3.05, 3.63) is 24.2 Å². The summed E-state index contributed by atoms with van der Waals surface area (Å²) in [7, 11) is 0. The summed E-state index contributed by atoms with van der Waals surface area (Å²) in [6.45, 7) is 11.2. The standard InChI is InChI=1S/C26H36N6O8/c1-13(2)18(31-24(36)40-25(5,6)7)23(35)37-10-16-19(38-22(34)14(3)4)20(33)26(11-27,39-16)17-9-8-15-21(28)29-12-30-32(15)17/h8-9,12-14,16,18-20,33H,10H2,1-7H3,(H,31,36)(H2,28,29,30)/t16-,18+,19-,20-,26+/m1/s1. The van der Waals surface area contributed by atoms with Gasteiger partial charge in [0.05, 0.1) is 11.6 Å². The van der Waals surface area contributed by atoms with Gasteiger partial charge in [0.2, 0.25) is 5.60 Å². The molecule has 0 spiro atoms. The van der Waals surface area contributed by atoms with Gasteiger partial charge >= 0.3 is 18.0 Å². The first-order valence-corrected chi connectivity index (χ1v) is 12.8. The summed E-state index contributed by atoms with van der Waals surface area (Å²) in [6.07, 6.45) is -3.95. The number of anilines is 1. The van der Waals surface area contributed by atoms with Gasteiger partial charge in [-0.2, -0.15) is 10.4 Å². The van der Waals surface area contributed by atoms with Crippen molar-refractivity contribution in [2.75, 3.05) is 12.3 Å². The van der Waals surface area contributed by atoms with Gasteiger partial charge in [0.25, 0.3) is 0 Å². The minimum atomic E-state index is -2.07. The minimum Gasteiger partial charge on any atom is -0.461 e. The molecule has 1 aliphatic heterocycles. The molecule has 2 aromatic heterocycles. The van der Waals surface area contributed by atoms with Gasteiger partial charge in [-0.3, -0.25) is 4.79 Å². The lowest BCUT2D eigenvalue weighted by Gasteiger charge is -2.25. The number of nitrogens with two attached hydrogens (primary N) is 1. The SMILES string of the molecule is CC(C)C(=O)O[C@H]1[C@@H](O)[C@](C#N)(c2ccc3c(N)ncnn23)O[C@@H]1COC(=O)[C@@H](NC(=O)OC(C)(C)C)C(C)C. The van der Waals surface area contributed by atoms with Crippen molar-refractivity contribution < 1.29 is 38.4 Å². The second-order valence-corrected chi connectivity index (χ2v) is 11.2. The zero-order valence-electron chi connectivity index (χ0n) is 23.6. The lowest BCUT2D eigenvalue weighted by atomic mass is 9.92. The molecule has 1 saturated heterocycles. The van der Waals surface area contributed by atoms with Crippen LogP contribution in [0.5, 0.6) is 0 Å². The highest BCUT2D eigenvalue weighted by Crippen LogP contribution is 2.42. The van der Waals surface area contributed by atoms with E-state index in [0.29, 0.717) is 5.52 Å². The predicted molar refractivity (Wildman–Crippen MR) is 139 cm³/mol. The lowest BCUT2D eigenvalue weighted by molar-refractivity contribution is -0.164. The minimum absolute atomic E-state index is 0.109. The number of fused-ring (bicyclic) bond motifs is 1. The van der Waals surface area contributed by atoms with Gasteiger partial charge in [-0.1, -0.05) is 27.7 Å². The Kier molecular flexibility index (Phi) is 8.90. The maximum Gasteiger partial charge on any atom is 0.408 e. The van der Waals surface area contributed by atoms with Gasteiger partial charge < -0.3 is 35.1 Å². The summed E-state index contributed by atoms with van der Waals surface area (Å²) in [4.78, 5) is 41.7. The molecule has 3 heterocycles. The number of aromatic nitrogens is 3. The number of rotatable bonds is 8. The molecule has 218 valence electrons. The van der Waals surface area contributed by atoms with Crippen molar-refractivity contribution in [2.24, 2.45) is 11.8 Å². The summed E-state index contributed by atoms with van der Waals surface area (Å²) in [5, 5.41) is 28.2. The average Bonchev–Trinajstić information content (AvgIpc) is 3.40. The number of amides is 1. The highest BCUT2D eigenvalue weighted by atomic mass is 16.6. The lowest BCUT2D eigenvalue weighted by Crippen LogP contribution is -2.48. The topological polar surface area (TPSA) is 200 Å². The Morgan fingerprint density at radius 3 is 2.50 bits per heavy atom. The monoisotopic (exact) mass is 560 g/mol. The molecule has 1 fully saturated rings. The largest absolute Gasteiger partial charge is 0.461 e. The van der Waals surface area contributed by atoms with Gasteiger partial charge in [0.15, 0.2) is 11.9 Å². The zero-order valence-corrected chi connectivity index (χ0v) is 23.6. The number of nitrogens with zero attached hydrogens (tertiary/aromatic N) is 4. The van der Waals surface area contributed by atoms with Crippen LogP contribution in [0.25, 0.3) is 5.52 Å². The fourth-order valence-electron chi connectivity index (χ4n) is 4.13. The number of ether oxygens (including phenoxy) is 4. The Morgan fingerprint density at radius 2 is 1.93 bits per heavy atom. The number of carbonyl (C=O) groups excluding carboxylic acids is 3. The first-order valence-electron chi connectivity index (χ1n) is 12.8. The van der Waals surface area contributed by atoms with E-state index < -0.39 is 66.1 Å². The van der Waals surface area contributed by atoms with E-state index in [1.54, 1.807) is 54.5 Å². The van der Waals surface area contributed by atoms with Crippen LogP contribution in [-0.2, 0) is 34.1 Å². The predicted octanol–water partition coefficient (Wildman–Crippen LogP) is 1.45. The van der Waals surface area contributed by atoms with Crippen LogP contribution >= 0.6 is 0 Å². The number of hydrogen-bond donors (Lipinski definition) is 3. The summed E-state index contributed by atoms with van der Waals surface area (Å²) in [5.41, 5.74) is 3.54. The highest BCUT2D eigenvalue weighted by Gasteiger charge is 2.60. The van der Waals surface area contributed by atoms with Crippen molar-refractivity contribution in [2.45, 2.75) is 84.0 Å². The van der Waals surface area contributed by atoms with Crippen molar-refractivity contribution >= 4 is 29.4 Å². The van der Waals surface area contributed by atoms with Crippen molar-refractivity contribution in [1.29, 1.82) is 5.26 Å². The Bertz CT molecular complexity index is 1300. The van der Waals surface area contributed by atoms with Gasteiger partial charge in [-0.05, 0) is 38.8 Å². The van der Waals surface area contributed by atoms with Crippen LogP contribution in [0.1, 0.15) is 54.2 Å². The van der Waals surface area contributed by atoms with Gasteiger partial charge in [0, 0.05) is 0 Å². The summed E-state index contributed by atoms with van der Waals surface area (Å²) >= 11 is 0. The van der Waals surface area contributed by atoms with Crippen LogP contribution in [0, 0.1) is 23.2 Å². The molecule has 5 atom stereocenters. The van der Waals surface area contributed by atoms with Crippen molar-refractivity contribution in [1.82, 2.24) is 19.9 Å². The summed E-state index contributed by atoms with van der Waals surface area (Å²) in [6, 6.07) is 3.95. The molecule has 0 aliphatic carbocycles. The molecule has 0 saturated carbocycles. The number of nitrogen functional groups attached to an aromatic ring is 1. The first-order chi connectivity index (χ1) is 18.6. The van der Waals surface area contributed by atoms with Crippen LogP contribution in [0.2, 0.25) is 0 Å². The number of alkyl carbamates (subject to hydrolysis) is 1. The third-order valence-corrected chi connectivity index (χ3v) is 6.17. The maximum atomic E-state index is 13.0. The van der Waals surface area contributed by atoms with Crippen molar-refractivity contribution in [3.8, 4) is 6.07 Å². The van der Waals surface area contributed by atoms with Gasteiger partial charge in [-0.15, -0.1) is 0 Å². The third kappa shape index (κ3) is 6.26. The van der Waals surface area contributed by atoms with E-state index in [4.69, 9.17) is 24.7 Å². The molecule has 0 bridgehead atoms. The van der Waals surface area contributed by atoms with Crippen LogP contribution in [0.4, 0.5) is 10.6 Å². The Balaban J connectivity index is 1.89. The third-order valence-electron chi connectivity index (χ3n) is 6.17. The molecule has 1 aliphatic rings. The quantitative estimate of drug-likeness (QED) is 0.310. The zero-order chi connectivity index (χ0) is 30.0. The summed E-state index contributed by atoms with van der Waals surface area (Å²) < 4.78 is 23.6. The van der Waals surface area contributed by atoms with Crippen LogP contribution in [0.3, 0.4) is 0 Å². The molecule has 4 N–H and O–H groups in total. The Labute approximate surface area is 231 Å². The number of esters is 2. The molecule has 2 aromatic rings. The normalized spacial score (nSPS) is 23.6. The van der Waals surface area contributed by atoms with E-state index in [1.807, 2.05) is 6.07 Å². The Morgan fingerprint density at radius 1 is 1.25 bits per heavy atom. The average molecular weight is 561 g/mol. The first kappa shape index (κ1) is 30.6. The molecular weight excluding hydrogens is 524 g/mol. The number of carbonyl (C=O) groups is 3. The molecule has 14 heteroatoms. The second-order valence-electron chi connectivity index (χ2n) is 11.2. The molecule has 1 amide bonds. The van der Waals surface area contributed by atoms with Crippen LogP contribution in [-0.4, -0.2) is 74.3 Å². The maximum absolute atomic E-state index is 13.0. The number of aliphatic hydroxyl groups excluding tert-OH is 1. The van der Waals surface area contributed by atoms with Crippen LogP contribution < -0.4 is 11.1 Å². The number of aliphatic hydroxyl groups is 1. The number of hydrogen-bond acceptors (Lipinski definition) is 12. The fourth-order valence-corrected chi connectivity index (χ4v) is 4.13. The highest BCUT2D eigenvalue weighted by molar-refractivity contribution is 5.81. The van der Waals surface area contributed by atoms with Gasteiger partial charge in [-0.25, -0.2) is 19.1 Å². The molecule has 0 radical (unpaired) electrons. The van der Waals surface area contributed by atoms with E-state index in [0.717, 1.165) is 0 Å². The van der Waals surface area contributed by atoms with E-state index in [9.17, 15) is 24.8 Å². The van der Waals surface area contributed by atoms with Crippen LogP contribution in [0.15, 0.2) is 18.5 Å². The van der Waals surface area contributed by atoms with E-state index in [1.165, 1.54) is 16.9 Å². The smallest absolute Gasteiger partial charge is 0.408 e. The summed E-state index contributed by atoms with van der Waals surface area (Å²) in [5.74, 6) is -2.27. The van der Waals surface area contributed by atoms with Crippen molar-refractivity contribution in [3.63, 3.8) is 0 Å². The fraction of sp³-hybridized carbons (Fsp3) is 0.615. The molecule has 3 rings (SSSR count). The number of nitrogens with one attached hydrogen (secondary N) is 1. The number of nitriles is 1. The van der Waals surface area contributed by atoms with E-state index >= 15 is 0 Å². The van der Waals surface area contributed by atoms with E-state index in [-0.39, 0.29) is 17.4 Å². The van der Waals surface area contributed by atoms with E-state index in [2.05, 4.69) is 15.4 Å². The molecule has 40 heavy (non-hydrogen) atoms. The molecule has 0 aromatic carbocycles. The molecule has 0 unspecified atom stereocenters. The second kappa shape index (κ2) is 11.6. The Hall–Kier alpha value is -3.96. The molecular formula is C26H36N6O8. The molecule has 14 nitrogen and oxygen atoms in total.